The number of hydrogen-bond acceptors (Lipinski definition) is 4. The number of nitrogens with zero attached hydrogens (tertiary/aromatic N) is 3. The van der Waals surface area contributed by atoms with E-state index < -0.39 is 6.04 Å². The molecule has 1 aliphatic rings. The van der Waals surface area contributed by atoms with Gasteiger partial charge in [0.05, 0.1) is 0 Å². The molecule has 1 amide bonds. The fourth-order valence-corrected chi connectivity index (χ4v) is 3.57. The van der Waals surface area contributed by atoms with E-state index in [0.717, 1.165) is 43.9 Å². The minimum Gasteiger partial charge on any atom is -0.357 e. The second-order valence-electron chi connectivity index (χ2n) is 6.88. The van der Waals surface area contributed by atoms with Crippen molar-refractivity contribution in [1.29, 1.82) is 0 Å². The Balaban J connectivity index is 0.00000196. The molecule has 0 aliphatic carbocycles. The molecule has 2 heterocycles. The molecular formula is C21H30Cl2N4O. The highest BCUT2D eigenvalue weighted by Gasteiger charge is 2.26. The third-order valence-corrected chi connectivity index (χ3v) is 5.18. The van der Waals surface area contributed by atoms with Gasteiger partial charge in [0.15, 0.2) is 0 Å². The monoisotopic (exact) mass is 424 g/mol. The summed E-state index contributed by atoms with van der Waals surface area (Å²) in [6.07, 6.45) is 3.98. The third-order valence-electron chi connectivity index (χ3n) is 5.18. The molecule has 1 aliphatic heterocycles. The molecule has 0 bridgehead atoms. The van der Waals surface area contributed by atoms with Crippen LogP contribution in [0.25, 0.3) is 0 Å². The van der Waals surface area contributed by atoms with Crippen LogP contribution in [0.5, 0.6) is 0 Å². The van der Waals surface area contributed by atoms with Crippen LogP contribution in [0, 0.1) is 5.92 Å². The van der Waals surface area contributed by atoms with Crippen molar-refractivity contribution >= 4 is 36.5 Å². The first-order valence-corrected chi connectivity index (χ1v) is 9.44. The number of amides is 1. The van der Waals surface area contributed by atoms with Gasteiger partial charge in [-0.2, -0.15) is 0 Å². The molecule has 1 aromatic heterocycles. The molecule has 3 rings (SSSR count). The van der Waals surface area contributed by atoms with Crippen molar-refractivity contribution in [3.8, 4) is 0 Å². The van der Waals surface area contributed by atoms with E-state index in [9.17, 15) is 4.79 Å². The van der Waals surface area contributed by atoms with Crippen molar-refractivity contribution in [1.82, 2.24) is 9.88 Å². The van der Waals surface area contributed by atoms with Crippen molar-refractivity contribution in [2.75, 3.05) is 31.1 Å². The zero-order valence-corrected chi connectivity index (χ0v) is 17.9. The minimum absolute atomic E-state index is 0. The summed E-state index contributed by atoms with van der Waals surface area (Å²) in [5.74, 6) is 1.58. The summed E-state index contributed by atoms with van der Waals surface area (Å²) in [6, 6.07) is 15.1. The van der Waals surface area contributed by atoms with Crippen LogP contribution < -0.4 is 10.6 Å². The lowest BCUT2D eigenvalue weighted by atomic mass is 9.95. The topological polar surface area (TPSA) is 62.5 Å². The highest BCUT2D eigenvalue weighted by molar-refractivity contribution is 5.85. The summed E-state index contributed by atoms with van der Waals surface area (Å²) < 4.78 is 0. The Morgan fingerprint density at radius 2 is 1.79 bits per heavy atom. The normalized spacial score (nSPS) is 15.1. The number of likely N-dealkylation sites (N-methyl/N-ethyl adjacent to an activating group) is 1. The molecule has 1 aromatic carbocycles. The van der Waals surface area contributed by atoms with E-state index in [0.29, 0.717) is 12.5 Å². The van der Waals surface area contributed by atoms with Crippen LogP contribution in [0.4, 0.5) is 5.82 Å². The van der Waals surface area contributed by atoms with Gasteiger partial charge in [-0.05, 0) is 43.4 Å². The number of nitrogens with two attached hydrogens (primary N) is 1. The van der Waals surface area contributed by atoms with Gasteiger partial charge < -0.3 is 15.5 Å². The molecular weight excluding hydrogens is 395 g/mol. The molecule has 0 radical (unpaired) electrons. The molecule has 2 N–H and O–H groups in total. The first-order valence-electron chi connectivity index (χ1n) is 9.44. The maximum absolute atomic E-state index is 12.8. The second kappa shape index (κ2) is 11.9. The number of hydrogen-bond donors (Lipinski definition) is 1. The van der Waals surface area contributed by atoms with Crippen LogP contribution in [0.2, 0.25) is 0 Å². The number of aromatic nitrogens is 1. The number of carbonyl (C=O) groups is 1. The second-order valence-corrected chi connectivity index (χ2v) is 6.88. The smallest absolute Gasteiger partial charge is 0.244 e. The van der Waals surface area contributed by atoms with Crippen molar-refractivity contribution in [2.45, 2.75) is 25.8 Å². The van der Waals surface area contributed by atoms with E-state index >= 15 is 0 Å². The maximum Gasteiger partial charge on any atom is 0.244 e. The maximum atomic E-state index is 12.8. The standard InChI is InChI=1S/C21H28N4O.2ClH/c1-2-24(21(26)20(22)18-8-4-3-5-9-18)16-17-11-14-25(15-12-17)19-10-6-7-13-23-19;;/h3-10,13,17,20H,2,11-12,14-16,22H2,1H3;2*1H. The van der Waals surface area contributed by atoms with Crippen LogP contribution in [0.1, 0.15) is 31.4 Å². The van der Waals surface area contributed by atoms with Crippen LogP contribution in [-0.4, -0.2) is 42.0 Å². The Kier molecular flexibility index (Phi) is 10.3. The minimum atomic E-state index is -0.579. The van der Waals surface area contributed by atoms with E-state index in [1.165, 1.54) is 0 Å². The van der Waals surface area contributed by atoms with Gasteiger partial charge in [0.25, 0.3) is 0 Å². The summed E-state index contributed by atoms with van der Waals surface area (Å²) in [5.41, 5.74) is 7.09. The van der Waals surface area contributed by atoms with Crippen molar-refractivity contribution in [2.24, 2.45) is 11.7 Å². The highest BCUT2D eigenvalue weighted by Crippen LogP contribution is 2.23. The van der Waals surface area contributed by atoms with Crippen LogP contribution in [-0.2, 0) is 4.79 Å². The Labute approximate surface area is 180 Å². The van der Waals surface area contributed by atoms with Crippen molar-refractivity contribution in [3.63, 3.8) is 0 Å². The largest absolute Gasteiger partial charge is 0.357 e. The molecule has 1 fully saturated rings. The lowest BCUT2D eigenvalue weighted by molar-refractivity contribution is -0.133. The van der Waals surface area contributed by atoms with E-state index in [1.54, 1.807) is 0 Å². The summed E-state index contributed by atoms with van der Waals surface area (Å²) in [7, 11) is 0. The van der Waals surface area contributed by atoms with Crippen molar-refractivity contribution in [3.05, 3.63) is 60.3 Å². The van der Waals surface area contributed by atoms with Gasteiger partial charge in [-0.1, -0.05) is 36.4 Å². The number of pyridine rings is 1. The summed E-state index contributed by atoms with van der Waals surface area (Å²) >= 11 is 0. The Morgan fingerprint density at radius 1 is 1.14 bits per heavy atom. The van der Waals surface area contributed by atoms with E-state index in [2.05, 4.69) is 16.0 Å². The predicted octanol–water partition coefficient (Wildman–Crippen LogP) is 3.69. The van der Waals surface area contributed by atoms with E-state index in [4.69, 9.17) is 5.73 Å². The lowest BCUT2D eigenvalue weighted by Crippen LogP contribution is -2.44. The Bertz CT molecular complexity index is 694. The number of carbonyl (C=O) groups excluding carboxylic acids is 1. The zero-order valence-electron chi connectivity index (χ0n) is 16.2. The third kappa shape index (κ3) is 6.09. The van der Waals surface area contributed by atoms with Gasteiger partial charge in [0.2, 0.25) is 5.91 Å². The number of benzene rings is 1. The first kappa shape index (κ1) is 24.2. The molecule has 7 heteroatoms. The molecule has 2 aromatic rings. The van der Waals surface area contributed by atoms with E-state index in [-0.39, 0.29) is 30.7 Å². The number of anilines is 1. The fraction of sp³-hybridized carbons (Fsp3) is 0.429. The predicted molar refractivity (Wildman–Crippen MR) is 119 cm³/mol. The van der Waals surface area contributed by atoms with E-state index in [1.807, 2.05) is 60.5 Å². The van der Waals surface area contributed by atoms with Gasteiger partial charge in [0, 0.05) is 32.4 Å². The average Bonchev–Trinajstić information content (AvgIpc) is 2.72. The molecule has 0 spiro atoms. The molecule has 28 heavy (non-hydrogen) atoms. The van der Waals surface area contributed by atoms with Gasteiger partial charge >= 0.3 is 0 Å². The molecule has 0 saturated carbocycles. The van der Waals surface area contributed by atoms with Gasteiger partial charge in [-0.25, -0.2) is 4.98 Å². The lowest BCUT2D eigenvalue weighted by Gasteiger charge is -2.35. The molecule has 5 nitrogen and oxygen atoms in total. The highest BCUT2D eigenvalue weighted by atomic mass is 35.5. The fourth-order valence-electron chi connectivity index (χ4n) is 3.57. The molecule has 1 atom stereocenters. The number of piperidine rings is 1. The van der Waals surface area contributed by atoms with Gasteiger partial charge in [-0.15, -0.1) is 24.8 Å². The van der Waals surface area contributed by atoms with Crippen molar-refractivity contribution < 1.29 is 4.79 Å². The Morgan fingerprint density at radius 3 is 2.36 bits per heavy atom. The SMILES string of the molecule is CCN(CC1CCN(c2ccccn2)CC1)C(=O)C(N)c1ccccc1.Cl.Cl. The Hall–Kier alpha value is -1.82. The molecule has 1 saturated heterocycles. The number of rotatable bonds is 6. The first-order chi connectivity index (χ1) is 12.7. The average molecular weight is 425 g/mol. The van der Waals surface area contributed by atoms with Gasteiger partial charge in [-0.3, -0.25) is 4.79 Å². The van der Waals surface area contributed by atoms with Crippen LogP contribution in [0.15, 0.2) is 54.7 Å². The number of halogens is 2. The summed E-state index contributed by atoms with van der Waals surface area (Å²) in [4.78, 5) is 21.5. The van der Waals surface area contributed by atoms with Crippen LogP contribution in [0.3, 0.4) is 0 Å². The summed E-state index contributed by atoms with van der Waals surface area (Å²) in [5, 5.41) is 0. The summed E-state index contributed by atoms with van der Waals surface area (Å²) in [6.45, 7) is 5.47. The quantitative estimate of drug-likeness (QED) is 0.767. The molecule has 154 valence electrons. The zero-order chi connectivity index (χ0) is 18.4. The van der Waals surface area contributed by atoms with Gasteiger partial charge in [0.1, 0.15) is 11.9 Å². The van der Waals surface area contributed by atoms with Crippen LogP contribution >= 0.6 is 24.8 Å². The molecule has 1 unspecified atom stereocenters.